The van der Waals surface area contributed by atoms with Crippen molar-refractivity contribution in [2.24, 2.45) is 0 Å². The normalized spacial score (nSPS) is 14.2. The number of ether oxygens (including phenoxy) is 1. The van der Waals surface area contributed by atoms with Crippen LogP contribution in [0.2, 0.25) is 0 Å². The molecule has 3 rings (SSSR count). The summed E-state index contributed by atoms with van der Waals surface area (Å²) in [6, 6.07) is 15.3. The number of carbonyl (C=O) groups excluding carboxylic acids is 2. The van der Waals surface area contributed by atoms with Crippen LogP contribution in [0.5, 0.6) is 5.75 Å². The average Bonchev–Trinajstić information content (AvgIpc) is 2.69. The third-order valence-corrected chi connectivity index (χ3v) is 4.35. The number of hydrogen-bond donors (Lipinski definition) is 0. The number of hydrogen-bond acceptors (Lipinski definition) is 3. The Bertz CT molecular complexity index is 759. The second-order valence-electron chi connectivity index (χ2n) is 6.06. The third-order valence-electron chi connectivity index (χ3n) is 4.35. The van der Waals surface area contributed by atoms with Gasteiger partial charge in [-0.1, -0.05) is 30.3 Å². The van der Waals surface area contributed by atoms with Crippen LogP contribution in [-0.4, -0.2) is 54.4 Å². The van der Waals surface area contributed by atoms with Crippen LogP contribution in [0, 0.1) is 5.82 Å². The fourth-order valence-corrected chi connectivity index (χ4v) is 2.89. The monoisotopic (exact) mass is 356 g/mol. The summed E-state index contributed by atoms with van der Waals surface area (Å²) < 4.78 is 19.3. The lowest BCUT2D eigenvalue weighted by Crippen LogP contribution is -2.50. The molecular formula is C20H21FN2O3. The maximum Gasteiger partial charge on any atom is 0.256 e. The summed E-state index contributed by atoms with van der Waals surface area (Å²) in [5.74, 6) is -0.115. The minimum Gasteiger partial charge on any atom is -0.493 e. The van der Waals surface area contributed by atoms with E-state index in [-0.39, 0.29) is 23.8 Å². The summed E-state index contributed by atoms with van der Waals surface area (Å²) in [6.45, 7) is 2.02. The quantitative estimate of drug-likeness (QED) is 0.827. The van der Waals surface area contributed by atoms with Gasteiger partial charge in [-0.15, -0.1) is 0 Å². The lowest BCUT2D eigenvalue weighted by Gasteiger charge is -2.35. The number of carbonyl (C=O) groups is 2. The van der Waals surface area contributed by atoms with Gasteiger partial charge in [0.25, 0.3) is 5.91 Å². The highest BCUT2D eigenvalue weighted by Crippen LogP contribution is 2.13. The molecule has 5 nitrogen and oxygen atoms in total. The maximum atomic E-state index is 13.8. The predicted molar refractivity (Wildman–Crippen MR) is 95.4 cm³/mol. The van der Waals surface area contributed by atoms with Crippen molar-refractivity contribution in [3.05, 3.63) is 66.0 Å². The summed E-state index contributed by atoms with van der Waals surface area (Å²) in [5, 5.41) is 0. The van der Waals surface area contributed by atoms with Gasteiger partial charge in [0.15, 0.2) is 0 Å². The van der Waals surface area contributed by atoms with Gasteiger partial charge in [0, 0.05) is 26.2 Å². The Kier molecular flexibility index (Phi) is 5.84. The van der Waals surface area contributed by atoms with Gasteiger partial charge in [-0.05, 0) is 24.3 Å². The van der Waals surface area contributed by atoms with Crippen molar-refractivity contribution in [2.75, 3.05) is 32.8 Å². The standard InChI is InChI=1S/C20H21FN2O3/c21-18-9-5-4-8-17(18)20(25)23-13-11-22(12-14-23)19(24)10-15-26-16-6-2-1-3-7-16/h1-9H,10-15H2. The number of halogens is 1. The van der Waals surface area contributed by atoms with Crippen LogP contribution in [0.25, 0.3) is 0 Å². The zero-order chi connectivity index (χ0) is 18.4. The van der Waals surface area contributed by atoms with E-state index in [4.69, 9.17) is 4.74 Å². The fraction of sp³-hybridized carbons (Fsp3) is 0.300. The van der Waals surface area contributed by atoms with E-state index in [2.05, 4.69) is 0 Å². The van der Waals surface area contributed by atoms with Crippen molar-refractivity contribution in [2.45, 2.75) is 6.42 Å². The van der Waals surface area contributed by atoms with Gasteiger partial charge < -0.3 is 14.5 Å². The van der Waals surface area contributed by atoms with Crippen molar-refractivity contribution in [1.29, 1.82) is 0 Å². The van der Waals surface area contributed by atoms with Crippen molar-refractivity contribution >= 4 is 11.8 Å². The molecular weight excluding hydrogens is 335 g/mol. The van der Waals surface area contributed by atoms with E-state index in [0.29, 0.717) is 32.8 Å². The van der Waals surface area contributed by atoms with Gasteiger partial charge in [-0.25, -0.2) is 4.39 Å². The Morgan fingerprint density at radius 3 is 2.19 bits per heavy atom. The van der Waals surface area contributed by atoms with Crippen LogP contribution in [0.1, 0.15) is 16.8 Å². The molecule has 1 aliphatic rings. The van der Waals surface area contributed by atoms with Gasteiger partial charge in [-0.3, -0.25) is 9.59 Å². The smallest absolute Gasteiger partial charge is 0.256 e. The van der Waals surface area contributed by atoms with E-state index in [0.717, 1.165) is 5.75 Å². The van der Waals surface area contributed by atoms with Gasteiger partial charge in [0.05, 0.1) is 18.6 Å². The number of amides is 2. The molecule has 26 heavy (non-hydrogen) atoms. The molecule has 0 radical (unpaired) electrons. The first-order valence-corrected chi connectivity index (χ1v) is 8.64. The minimum atomic E-state index is -0.519. The highest BCUT2D eigenvalue weighted by Gasteiger charge is 2.25. The Morgan fingerprint density at radius 1 is 0.885 bits per heavy atom. The Morgan fingerprint density at radius 2 is 1.50 bits per heavy atom. The molecule has 0 bridgehead atoms. The SMILES string of the molecule is O=C(CCOc1ccccc1)N1CCN(C(=O)c2ccccc2F)CC1. The number of nitrogens with zero attached hydrogens (tertiary/aromatic N) is 2. The molecule has 1 heterocycles. The maximum absolute atomic E-state index is 13.8. The average molecular weight is 356 g/mol. The minimum absolute atomic E-state index is 0.000998. The number of piperazine rings is 1. The topological polar surface area (TPSA) is 49.9 Å². The largest absolute Gasteiger partial charge is 0.493 e. The highest BCUT2D eigenvalue weighted by atomic mass is 19.1. The molecule has 1 aliphatic heterocycles. The highest BCUT2D eigenvalue weighted by molar-refractivity contribution is 5.94. The van der Waals surface area contributed by atoms with E-state index >= 15 is 0 Å². The zero-order valence-corrected chi connectivity index (χ0v) is 14.4. The van der Waals surface area contributed by atoms with E-state index in [9.17, 15) is 14.0 Å². The zero-order valence-electron chi connectivity index (χ0n) is 14.4. The summed E-state index contributed by atoms with van der Waals surface area (Å²) in [6.07, 6.45) is 0.288. The molecule has 6 heteroatoms. The molecule has 2 amide bonds. The van der Waals surface area contributed by atoms with E-state index in [1.54, 1.807) is 21.9 Å². The number of para-hydroxylation sites is 1. The first kappa shape index (κ1) is 17.9. The van der Waals surface area contributed by atoms with E-state index in [1.807, 2.05) is 30.3 Å². The van der Waals surface area contributed by atoms with Crippen LogP contribution >= 0.6 is 0 Å². The van der Waals surface area contributed by atoms with Crippen molar-refractivity contribution in [3.8, 4) is 5.75 Å². The molecule has 1 saturated heterocycles. The first-order valence-electron chi connectivity index (χ1n) is 8.64. The fourth-order valence-electron chi connectivity index (χ4n) is 2.89. The van der Waals surface area contributed by atoms with Crippen LogP contribution in [0.15, 0.2) is 54.6 Å². The van der Waals surface area contributed by atoms with Gasteiger partial charge >= 0.3 is 0 Å². The molecule has 0 atom stereocenters. The lowest BCUT2D eigenvalue weighted by molar-refractivity contribution is -0.133. The van der Waals surface area contributed by atoms with Crippen LogP contribution in [-0.2, 0) is 4.79 Å². The van der Waals surface area contributed by atoms with E-state index < -0.39 is 5.82 Å². The van der Waals surface area contributed by atoms with E-state index in [1.165, 1.54) is 12.1 Å². The van der Waals surface area contributed by atoms with Crippen LogP contribution in [0.3, 0.4) is 0 Å². The molecule has 0 spiro atoms. The Labute approximate surface area is 152 Å². The molecule has 0 aromatic heterocycles. The van der Waals surface area contributed by atoms with Crippen molar-refractivity contribution < 1.29 is 18.7 Å². The Balaban J connectivity index is 1.45. The third kappa shape index (κ3) is 4.39. The van der Waals surface area contributed by atoms with Gasteiger partial charge in [0.1, 0.15) is 11.6 Å². The van der Waals surface area contributed by atoms with Gasteiger partial charge in [0.2, 0.25) is 5.91 Å². The van der Waals surface area contributed by atoms with Crippen molar-refractivity contribution in [1.82, 2.24) is 9.80 Å². The molecule has 0 aliphatic carbocycles. The predicted octanol–water partition coefficient (Wildman–Crippen LogP) is 2.58. The van der Waals surface area contributed by atoms with Crippen LogP contribution in [0.4, 0.5) is 4.39 Å². The second kappa shape index (κ2) is 8.47. The molecule has 2 aromatic carbocycles. The van der Waals surface area contributed by atoms with Gasteiger partial charge in [-0.2, -0.15) is 0 Å². The Hall–Kier alpha value is -2.89. The molecule has 0 saturated carbocycles. The summed E-state index contributed by atoms with van der Waals surface area (Å²) in [7, 11) is 0. The molecule has 0 unspecified atom stereocenters. The summed E-state index contributed by atoms with van der Waals surface area (Å²) in [5.41, 5.74) is 0.0727. The first-order chi connectivity index (χ1) is 12.6. The summed E-state index contributed by atoms with van der Waals surface area (Å²) >= 11 is 0. The lowest BCUT2D eigenvalue weighted by atomic mass is 10.1. The summed E-state index contributed by atoms with van der Waals surface area (Å²) in [4.78, 5) is 28.0. The number of benzene rings is 2. The molecule has 1 fully saturated rings. The molecule has 2 aromatic rings. The van der Waals surface area contributed by atoms with Crippen LogP contribution < -0.4 is 4.74 Å². The molecule has 136 valence electrons. The second-order valence-corrected chi connectivity index (χ2v) is 6.06. The number of rotatable bonds is 5. The molecule has 0 N–H and O–H groups in total. The van der Waals surface area contributed by atoms with Crippen molar-refractivity contribution in [3.63, 3.8) is 0 Å².